The Morgan fingerprint density at radius 1 is 1.41 bits per heavy atom. The topological polar surface area (TPSA) is 42.0 Å². The number of aryl methyl sites for hydroxylation is 1. The summed E-state index contributed by atoms with van der Waals surface area (Å²) in [7, 11) is 0. The summed E-state index contributed by atoms with van der Waals surface area (Å²) >= 11 is 7.21. The molecule has 0 fully saturated rings. The molecular weight excluding hydrogens is 256 g/mol. The number of anilines is 1. The Bertz CT molecular complexity index is 522. The lowest BCUT2D eigenvalue weighted by atomic mass is 10.3. The molecule has 0 spiro atoms. The Morgan fingerprint density at radius 2 is 2.24 bits per heavy atom. The third-order valence-electron chi connectivity index (χ3n) is 2.20. The van der Waals surface area contributed by atoms with Crippen LogP contribution in [0.15, 0.2) is 30.5 Å². The molecule has 0 aliphatic rings. The van der Waals surface area contributed by atoms with E-state index in [1.54, 1.807) is 12.1 Å². The summed E-state index contributed by atoms with van der Waals surface area (Å²) in [6.45, 7) is 2.06. The van der Waals surface area contributed by atoms with Gasteiger partial charge in [0.25, 0.3) is 5.91 Å². The van der Waals surface area contributed by atoms with Crippen molar-refractivity contribution in [3.8, 4) is 0 Å². The van der Waals surface area contributed by atoms with Crippen LogP contribution in [0.1, 0.15) is 21.5 Å². The van der Waals surface area contributed by atoms with Crippen LogP contribution in [0.25, 0.3) is 0 Å². The van der Waals surface area contributed by atoms with E-state index in [0.717, 1.165) is 6.42 Å². The van der Waals surface area contributed by atoms with Gasteiger partial charge in [-0.25, -0.2) is 4.98 Å². The number of aromatic nitrogens is 1. The predicted molar refractivity (Wildman–Crippen MR) is 70.9 cm³/mol. The lowest BCUT2D eigenvalue weighted by Crippen LogP contribution is -2.10. The molecule has 88 valence electrons. The van der Waals surface area contributed by atoms with Gasteiger partial charge in [-0.2, -0.15) is 0 Å². The number of pyridine rings is 1. The quantitative estimate of drug-likeness (QED) is 0.922. The van der Waals surface area contributed by atoms with E-state index in [-0.39, 0.29) is 5.91 Å². The van der Waals surface area contributed by atoms with Gasteiger partial charge in [0.05, 0.1) is 9.90 Å². The van der Waals surface area contributed by atoms with Gasteiger partial charge in [-0.3, -0.25) is 4.79 Å². The second kappa shape index (κ2) is 5.29. The average Bonchev–Trinajstić information content (AvgIpc) is 2.81. The van der Waals surface area contributed by atoms with Crippen molar-refractivity contribution in [2.24, 2.45) is 0 Å². The highest BCUT2D eigenvalue weighted by atomic mass is 35.5. The number of hydrogen-bond acceptors (Lipinski definition) is 3. The molecule has 0 saturated heterocycles. The van der Waals surface area contributed by atoms with Gasteiger partial charge in [0.2, 0.25) is 0 Å². The van der Waals surface area contributed by atoms with Gasteiger partial charge < -0.3 is 5.32 Å². The first-order chi connectivity index (χ1) is 8.19. The molecule has 2 rings (SSSR count). The Kier molecular flexibility index (Phi) is 3.76. The highest BCUT2D eigenvalue weighted by Gasteiger charge is 2.09. The number of nitrogens with zero attached hydrogens (tertiary/aromatic N) is 1. The number of thiophene rings is 1. The Labute approximate surface area is 108 Å². The molecule has 0 radical (unpaired) electrons. The molecule has 0 unspecified atom stereocenters. The first-order valence-corrected chi connectivity index (χ1v) is 6.40. The van der Waals surface area contributed by atoms with Crippen LogP contribution in [-0.2, 0) is 6.42 Å². The molecule has 0 aromatic carbocycles. The van der Waals surface area contributed by atoms with Gasteiger partial charge in [-0.1, -0.05) is 18.5 Å². The molecule has 0 saturated carbocycles. The fourth-order valence-corrected chi connectivity index (χ4v) is 2.27. The minimum atomic E-state index is -0.135. The van der Waals surface area contributed by atoms with E-state index < -0.39 is 0 Å². The molecule has 17 heavy (non-hydrogen) atoms. The predicted octanol–water partition coefficient (Wildman–Crippen LogP) is 3.61. The van der Waals surface area contributed by atoms with Gasteiger partial charge in [0.1, 0.15) is 5.82 Å². The average molecular weight is 267 g/mol. The standard InChI is InChI=1S/C12H11ClN2OS/c1-2-9-4-5-10(17-9)12(16)15-11-6-3-8(13)7-14-11/h3-7H,2H2,1H3,(H,14,15,16). The number of carbonyl (C=O) groups excluding carboxylic acids is 1. The Hall–Kier alpha value is -1.39. The first kappa shape index (κ1) is 12.1. The van der Waals surface area contributed by atoms with E-state index in [2.05, 4.69) is 17.2 Å². The zero-order valence-electron chi connectivity index (χ0n) is 9.24. The molecule has 1 amide bonds. The van der Waals surface area contributed by atoms with Crippen LogP contribution in [-0.4, -0.2) is 10.9 Å². The molecular formula is C12H11ClN2OS. The molecule has 2 aromatic heterocycles. The number of carbonyl (C=O) groups is 1. The van der Waals surface area contributed by atoms with Crippen LogP contribution in [0.5, 0.6) is 0 Å². The number of hydrogen-bond donors (Lipinski definition) is 1. The molecule has 0 bridgehead atoms. The molecule has 1 N–H and O–H groups in total. The Morgan fingerprint density at radius 3 is 2.82 bits per heavy atom. The third-order valence-corrected chi connectivity index (χ3v) is 3.65. The van der Waals surface area contributed by atoms with Crippen molar-refractivity contribution >= 4 is 34.7 Å². The van der Waals surface area contributed by atoms with Crippen LogP contribution in [0, 0.1) is 0 Å². The van der Waals surface area contributed by atoms with E-state index in [1.165, 1.54) is 22.4 Å². The zero-order chi connectivity index (χ0) is 12.3. The van der Waals surface area contributed by atoms with Crippen molar-refractivity contribution in [2.45, 2.75) is 13.3 Å². The number of nitrogens with one attached hydrogen (secondary N) is 1. The SMILES string of the molecule is CCc1ccc(C(=O)Nc2ccc(Cl)cn2)s1. The van der Waals surface area contributed by atoms with E-state index in [9.17, 15) is 4.79 Å². The van der Waals surface area contributed by atoms with E-state index in [1.807, 2.05) is 12.1 Å². The van der Waals surface area contributed by atoms with Crippen molar-refractivity contribution in [3.63, 3.8) is 0 Å². The third kappa shape index (κ3) is 3.05. The molecule has 0 aliphatic heterocycles. The maximum absolute atomic E-state index is 11.9. The summed E-state index contributed by atoms with van der Waals surface area (Å²) in [4.78, 5) is 17.8. The maximum atomic E-state index is 11.9. The van der Waals surface area contributed by atoms with Gasteiger partial charge in [0, 0.05) is 11.1 Å². The zero-order valence-corrected chi connectivity index (χ0v) is 10.8. The molecule has 5 heteroatoms. The molecule has 0 aliphatic carbocycles. The summed E-state index contributed by atoms with van der Waals surface area (Å²) in [6, 6.07) is 7.16. The van der Waals surface area contributed by atoms with E-state index in [4.69, 9.17) is 11.6 Å². The smallest absolute Gasteiger partial charge is 0.266 e. The van der Waals surface area contributed by atoms with Crippen molar-refractivity contribution in [2.75, 3.05) is 5.32 Å². The number of amides is 1. The highest BCUT2D eigenvalue weighted by molar-refractivity contribution is 7.14. The molecule has 2 heterocycles. The lowest BCUT2D eigenvalue weighted by Gasteiger charge is -2.01. The minimum Gasteiger partial charge on any atom is -0.306 e. The normalized spacial score (nSPS) is 10.2. The van der Waals surface area contributed by atoms with Crippen LogP contribution >= 0.6 is 22.9 Å². The van der Waals surface area contributed by atoms with Crippen LogP contribution < -0.4 is 5.32 Å². The second-order valence-corrected chi connectivity index (χ2v) is 5.04. The van der Waals surface area contributed by atoms with Crippen molar-refractivity contribution < 1.29 is 4.79 Å². The molecule has 0 atom stereocenters. The summed E-state index contributed by atoms with van der Waals surface area (Å²) in [6.07, 6.45) is 2.44. The van der Waals surface area contributed by atoms with E-state index >= 15 is 0 Å². The Balaban J connectivity index is 2.08. The largest absolute Gasteiger partial charge is 0.306 e. The van der Waals surface area contributed by atoms with Crippen molar-refractivity contribution in [1.29, 1.82) is 0 Å². The first-order valence-electron chi connectivity index (χ1n) is 5.20. The van der Waals surface area contributed by atoms with Crippen molar-refractivity contribution in [3.05, 3.63) is 45.2 Å². The fourth-order valence-electron chi connectivity index (χ4n) is 1.32. The van der Waals surface area contributed by atoms with Gasteiger partial charge in [-0.15, -0.1) is 11.3 Å². The minimum absolute atomic E-state index is 0.135. The second-order valence-electron chi connectivity index (χ2n) is 3.44. The summed E-state index contributed by atoms with van der Waals surface area (Å²) in [5, 5.41) is 3.27. The number of halogens is 1. The van der Waals surface area contributed by atoms with Crippen LogP contribution in [0.4, 0.5) is 5.82 Å². The van der Waals surface area contributed by atoms with Gasteiger partial charge in [-0.05, 0) is 30.7 Å². The summed E-state index contributed by atoms with van der Waals surface area (Å²) in [5.41, 5.74) is 0. The monoisotopic (exact) mass is 266 g/mol. The molecule has 3 nitrogen and oxygen atoms in total. The fraction of sp³-hybridized carbons (Fsp3) is 0.167. The highest BCUT2D eigenvalue weighted by Crippen LogP contribution is 2.18. The van der Waals surface area contributed by atoms with Crippen molar-refractivity contribution in [1.82, 2.24) is 4.98 Å². The van der Waals surface area contributed by atoms with E-state index in [0.29, 0.717) is 15.7 Å². The van der Waals surface area contributed by atoms with Gasteiger partial charge in [0.15, 0.2) is 0 Å². The van der Waals surface area contributed by atoms with Crippen LogP contribution in [0.3, 0.4) is 0 Å². The maximum Gasteiger partial charge on any atom is 0.266 e. The van der Waals surface area contributed by atoms with Crippen LogP contribution in [0.2, 0.25) is 5.02 Å². The van der Waals surface area contributed by atoms with Gasteiger partial charge >= 0.3 is 0 Å². The number of rotatable bonds is 3. The summed E-state index contributed by atoms with van der Waals surface area (Å²) < 4.78 is 0. The summed E-state index contributed by atoms with van der Waals surface area (Å²) in [5.74, 6) is 0.371. The molecule has 2 aromatic rings. The lowest BCUT2D eigenvalue weighted by molar-refractivity contribution is 0.103.